The zero-order valence-electron chi connectivity index (χ0n) is 24.6. The van der Waals surface area contributed by atoms with Crippen molar-refractivity contribution < 1.29 is 8.83 Å². The summed E-state index contributed by atoms with van der Waals surface area (Å²) >= 11 is 0. The molecule has 2 aliphatic rings. The molecule has 0 bridgehead atoms. The first-order valence-electron chi connectivity index (χ1n) is 15.2. The van der Waals surface area contributed by atoms with E-state index >= 15 is 0 Å². The van der Waals surface area contributed by atoms with Gasteiger partial charge >= 0.3 is 0 Å². The Hall–Kier alpha value is -4.56. The van der Waals surface area contributed by atoms with E-state index in [1.54, 1.807) is 0 Å². The summed E-state index contributed by atoms with van der Waals surface area (Å²) in [6.45, 7) is 9.05. The first kappa shape index (κ1) is 25.2. The summed E-state index contributed by atoms with van der Waals surface area (Å²) < 4.78 is 13.7. The van der Waals surface area contributed by atoms with Gasteiger partial charge in [0.1, 0.15) is 22.3 Å². The fourth-order valence-electron chi connectivity index (χ4n) is 6.87. The van der Waals surface area contributed by atoms with Gasteiger partial charge < -0.3 is 8.83 Å². The van der Waals surface area contributed by atoms with Gasteiger partial charge in [-0.05, 0) is 82.0 Å². The highest BCUT2D eigenvalue weighted by molar-refractivity contribution is 6.26. The molecule has 2 heteroatoms. The molecule has 2 heterocycles. The molecule has 0 unspecified atom stereocenters. The van der Waals surface area contributed by atoms with Gasteiger partial charge in [0.05, 0.1) is 0 Å². The Morgan fingerprint density at radius 1 is 0.452 bits per heavy atom. The third kappa shape index (κ3) is 3.93. The van der Waals surface area contributed by atoms with Gasteiger partial charge in [0.25, 0.3) is 0 Å². The number of benzene rings is 6. The van der Waals surface area contributed by atoms with Gasteiger partial charge in [0, 0.05) is 33.0 Å². The Kier molecular flexibility index (Phi) is 5.69. The topological polar surface area (TPSA) is 26.3 Å². The van der Waals surface area contributed by atoms with Gasteiger partial charge in [-0.25, -0.2) is 0 Å². The van der Waals surface area contributed by atoms with E-state index in [0.29, 0.717) is 11.8 Å². The standard InChI is InChI=1S/C40H34O2/c1-23(2)21-25-5-9-27(10-6-25)31-17-13-29-15-20-34-37-35(29)39(31)41-33-19-16-30-14-18-32(40(42-34)36(30)38(33)37)28-11-7-26(8-12-28)22-24(3)4/h5-20,23-24H,21-22H2,1-4H3. The predicted octanol–water partition coefficient (Wildman–Crippen LogP) is 11.8. The number of hydrogen-bond donors (Lipinski definition) is 0. The Labute approximate surface area is 246 Å². The lowest BCUT2D eigenvalue weighted by atomic mass is 9.87. The molecule has 42 heavy (non-hydrogen) atoms. The predicted molar refractivity (Wildman–Crippen MR) is 177 cm³/mol. The fourth-order valence-corrected chi connectivity index (χ4v) is 6.87. The molecule has 2 nitrogen and oxygen atoms in total. The highest BCUT2D eigenvalue weighted by atomic mass is 16.3. The summed E-state index contributed by atoms with van der Waals surface area (Å²) in [5.74, 6) is 1.27. The van der Waals surface area contributed by atoms with Crippen molar-refractivity contribution in [3.8, 4) is 33.4 Å². The molecule has 2 aliphatic heterocycles. The molecule has 0 radical (unpaired) electrons. The van der Waals surface area contributed by atoms with Crippen LogP contribution in [0.2, 0.25) is 0 Å². The van der Waals surface area contributed by atoms with E-state index in [4.69, 9.17) is 8.83 Å². The first-order chi connectivity index (χ1) is 20.4. The van der Waals surface area contributed by atoms with E-state index in [1.165, 1.54) is 22.3 Å². The molecule has 6 aromatic rings. The molecule has 0 aromatic heterocycles. The van der Waals surface area contributed by atoms with Crippen LogP contribution in [0.4, 0.5) is 0 Å². The number of rotatable bonds is 6. The molecule has 206 valence electrons. The maximum Gasteiger partial charge on any atom is 0.143 e. The van der Waals surface area contributed by atoms with E-state index in [0.717, 1.165) is 79.0 Å². The van der Waals surface area contributed by atoms with Crippen molar-refractivity contribution in [3.05, 3.63) is 108 Å². The minimum Gasteiger partial charge on any atom is -0.455 e. The summed E-state index contributed by atoms with van der Waals surface area (Å²) in [7, 11) is 0. The zero-order chi connectivity index (χ0) is 28.5. The minimum absolute atomic E-state index is 0.633. The summed E-state index contributed by atoms with van der Waals surface area (Å²) in [5.41, 5.74) is 13.2. The summed E-state index contributed by atoms with van der Waals surface area (Å²) in [6, 6.07) is 35.4. The largest absolute Gasteiger partial charge is 0.455 e. The van der Waals surface area contributed by atoms with Crippen LogP contribution in [0.3, 0.4) is 0 Å². The lowest BCUT2D eigenvalue weighted by Gasteiger charge is -2.22. The average Bonchev–Trinajstić information content (AvgIpc) is 2.99. The van der Waals surface area contributed by atoms with Gasteiger partial charge in [-0.15, -0.1) is 0 Å². The van der Waals surface area contributed by atoms with Crippen LogP contribution >= 0.6 is 0 Å². The maximum absolute atomic E-state index is 6.86. The Balaban J connectivity index is 1.38. The summed E-state index contributed by atoms with van der Waals surface area (Å²) in [5, 5.41) is 4.58. The van der Waals surface area contributed by atoms with Crippen LogP contribution in [0.15, 0.2) is 106 Å². The molecule has 8 rings (SSSR count). The molecule has 6 aromatic carbocycles. The molecule has 0 amide bonds. The summed E-state index contributed by atoms with van der Waals surface area (Å²) in [6.07, 6.45) is 2.16. The first-order valence-corrected chi connectivity index (χ1v) is 15.2. The Morgan fingerprint density at radius 2 is 0.833 bits per heavy atom. The van der Waals surface area contributed by atoms with Crippen LogP contribution < -0.4 is 0 Å². The van der Waals surface area contributed by atoms with Crippen molar-refractivity contribution in [3.63, 3.8) is 0 Å². The second-order valence-electron chi connectivity index (χ2n) is 12.8. The van der Waals surface area contributed by atoms with Crippen LogP contribution in [-0.2, 0) is 12.8 Å². The van der Waals surface area contributed by atoms with Crippen molar-refractivity contribution in [1.29, 1.82) is 0 Å². The minimum atomic E-state index is 0.633. The van der Waals surface area contributed by atoms with Crippen molar-refractivity contribution in [2.75, 3.05) is 0 Å². The van der Waals surface area contributed by atoms with Crippen LogP contribution in [0.5, 0.6) is 0 Å². The molecule has 0 saturated carbocycles. The molecule has 0 spiro atoms. The lowest BCUT2D eigenvalue weighted by Crippen LogP contribution is -1.97. The van der Waals surface area contributed by atoms with Crippen LogP contribution in [0, 0.1) is 11.8 Å². The Bertz CT molecular complexity index is 2010. The number of hydrogen-bond acceptors (Lipinski definition) is 2. The van der Waals surface area contributed by atoms with Crippen LogP contribution in [0.25, 0.3) is 77.3 Å². The highest BCUT2D eigenvalue weighted by Crippen LogP contribution is 2.51. The van der Waals surface area contributed by atoms with E-state index in [1.807, 2.05) is 0 Å². The smallest absolute Gasteiger partial charge is 0.143 e. The van der Waals surface area contributed by atoms with E-state index in [2.05, 4.69) is 125 Å². The van der Waals surface area contributed by atoms with E-state index in [-0.39, 0.29) is 0 Å². The van der Waals surface area contributed by atoms with Crippen molar-refractivity contribution >= 4 is 43.9 Å². The lowest BCUT2D eigenvalue weighted by molar-refractivity contribution is 0.646. The average molecular weight is 547 g/mol. The molecule has 0 fully saturated rings. The molecule has 0 saturated heterocycles. The quantitative estimate of drug-likeness (QED) is 0.153. The van der Waals surface area contributed by atoms with Gasteiger partial charge in [-0.1, -0.05) is 100 Å². The third-order valence-electron chi connectivity index (χ3n) is 8.69. The highest BCUT2D eigenvalue weighted by Gasteiger charge is 2.27. The second kappa shape index (κ2) is 9.49. The van der Waals surface area contributed by atoms with Crippen LogP contribution in [0.1, 0.15) is 38.8 Å². The van der Waals surface area contributed by atoms with Crippen molar-refractivity contribution in [2.24, 2.45) is 11.8 Å². The third-order valence-corrected chi connectivity index (χ3v) is 8.69. The van der Waals surface area contributed by atoms with Gasteiger partial charge in [-0.3, -0.25) is 0 Å². The maximum atomic E-state index is 6.86. The molecule has 0 N–H and O–H groups in total. The Morgan fingerprint density at radius 3 is 1.21 bits per heavy atom. The van der Waals surface area contributed by atoms with E-state index in [9.17, 15) is 0 Å². The second-order valence-corrected chi connectivity index (χ2v) is 12.8. The SMILES string of the molecule is CC(C)Cc1ccc(-c2ccc3ccc4oc5c(-c6ccc(CC(C)C)cc6)ccc6ccc7oc2c3c4-c7c65)cc1. The van der Waals surface area contributed by atoms with Crippen molar-refractivity contribution in [2.45, 2.75) is 40.5 Å². The van der Waals surface area contributed by atoms with E-state index < -0.39 is 0 Å². The monoisotopic (exact) mass is 546 g/mol. The molecular formula is C40H34O2. The van der Waals surface area contributed by atoms with Gasteiger partial charge in [0.2, 0.25) is 0 Å². The molecule has 0 atom stereocenters. The summed E-state index contributed by atoms with van der Waals surface area (Å²) in [4.78, 5) is 0. The van der Waals surface area contributed by atoms with Gasteiger partial charge in [0.15, 0.2) is 0 Å². The van der Waals surface area contributed by atoms with Gasteiger partial charge in [-0.2, -0.15) is 0 Å². The zero-order valence-corrected chi connectivity index (χ0v) is 24.6. The van der Waals surface area contributed by atoms with Crippen molar-refractivity contribution in [1.82, 2.24) is 0 Å². The fraction of sp³-hybridized carbons (Fsp3) is 0.200. The van der Waals surface area contributed by atoms with Crippen LogP contribution in [-0.4, -0.2) is 0 Å². The molecule has 0 aliphatic carbocycles. The normalized spacial score (nSPS) is 12.4. The molecular weight excluding hydrogens is 512 g/mol.